The van der Waals surface area contributed by atoms with E-state index in [9.17, 15) is 0 Å². The molecule has 1 heterocycles. The van der Waals surface area contributed by atoms with Crippen molar-refractivity contribution in [2.45, 2.75) is 13.8 Å². The lowest BCUT2D eigenvalue weighted by Gasteiger charge is -2.03. The minimum atomic E-state index is 0.882. The van der Waals surface area contributed by atoms with E-state index in [1.807, 2.05) is 19.4 Å². The number of aromatic nitrogens is 1. The number of nitrogens with one attached hydrogen (secondary N) is 1. The summed E-state index contributed by atoms with van der Waals surface area (Å²) in [5.74, 6) is 0. The third-order valence-corrected chi connectivity index (χ3v) is 2.40. The summed E-state index contributed by atoms with van der Waals surface area (Å²) in [6, 6.07) is 2.05. The molecule has 0 atom stereocenters. The fourth-order valence-corrected chi connectivity index (χ4v) is 1.44. The summed E-state index contributed by atoms with van der Waals surface area (Å²) < 4.78 is 1.71. The van der Waals surface area contributed by atoms with Crippen LogP contribution in [-0.2, 0) is 0 Å². The summed E-state index contributed by atoms with van der Waals surface area (Å²) in [5, 5.41) is 3.10. The molecule has 0 spiro atoms. The minimum Gasteiger partial charge on any atom is -0.316 e. The van der Waals surface area contributed by atoms with Crippen molar-refractivity contribution in [3.8, 4) is 0 Å². The van der Waals surface area contributed by atoms with E-state index in [4.69, 9.17) is 4.84 Å². The van der Waals surface area contributed by atoms with Crippen LogP contribution >= 0.6 is 0 Å². The number of pyridine rings is 1. The van der Waals surface area contributed by atoms with Crippen LogP contribution in [0.5, 0.6) is 0 Å². The van der Waals surface area contributed by atoms with E-state index in [0.717, 1.165) is 6.54 Å². The summed E-state index contributed by atoms with van der Waals surface area (Å²) in [7, 11) is 3.60. The Morgan fingerprint density at radius 2 is 2.33 bits per heavy atom. The predicted molar refractivity (Wildman–Crippen MR) is 61.5 cm³/mol. The fraction of sp³-hybridized carbons (Fsp3) is 0.417. The van der Waals surface area contributed by atoms with Gasteiger partial charge in [-0.3, -0.25) is 4.84 Å². The van der Waals surface area contributed by atoms with Crippen molar-refractivity contribution in [3.05, 3.63) is 35.7 Å². The molecule has 0 aliphatic heterocycles. The zero-order chi connectivity index (χ0) is 11.3. The van der Waals surface area contributed by atoms with Crippen LogP contribution in [0.4, 0.5) is 0 Å². The lowest BCUT2D eigenvalue weighted by Crippen LogP contribution is -2.40. The first-order valence-electron chi connectivity index (χ1n) is 5.07. The van der Waals surface area contributed by atoms with Gasteiger partial charge < -0.3 is 5.32 Å². The Labute approximate surface area is 91.3 Å². The van der Waals surface area contributed by atoms with Crippen LogP contribution in [0.3, 0.4) is 0 Å². The van der Waals surface area contributed by atoms with Gasteiger partial charge in [-0.05, 0) is 32.0 Å². The first-order chi connectivity index (χ1) is 7.19. The monoisotopic (exact) mass is 207 g/mol. The summed E-state index contributed by atoms with van der Waals surface area (Å²) >= 11 is 0. The first kappa shape index (κ1) is 11.7. The van der Waals surface area contributed by atoms with Crippen molar-refractivity contribution in [2.75, 3.05) is 20.7 Å². The zero-order valence-electron chi connectivity index (χ0n) is 9.87. The van der Waals surface area contributed by atoms with Crippen molar-refractivity contribution < 1.29 is 9.57 Å². The molecule has 1 rings (SSSR count). The van der Waals surface area contributed by atoms with Crippen LogP contribution in [0.1, 0.15) is 18.1 Å². The SMILES string of the molecule is CNC/C=C(/C)c1c[n+](OC)ccc1C. The lowest BCUT2D eigenvalue weighted by atomic mass is 10.0. The largest absolute Gasteiger partial charge is 0.316 e. The molecule has 1 N–H and O–H groups in total. The van der Waals surface area contributed by atoms with E-state index in [1.165, 1.54) is 16.7 Å². The highest BCUT2D eigenvalue weighted by atomic mass is 16.6. The summed E-state index contributed by atoms with van der Waals surface area (Å²) in [6.07, 6.45) is 6.07. The Morgan fingerprint density at radius 3 is 2.93 bits per heavy atom. The summed E-state index contributed by atoms with van der Waals surface area (Å²) in [6.45, 7) is 5.10. The highest BCUT2D eigenvalue weighted by Crippen LogP contribution is 2.15. The van der Waals surface area contributed by atoms with Crippen LogP contribution in [0.25, 0.3) is 5.57 Å². The number of aryl methyl sites for hydroxylation is 1. The standard InChI is InChI=1S/C12H19N2O/c1-10(5-7-13-3)12-9-14(15-4)8-6-11(12)2/h5-6,8-9,13H,7H2,1-4H3/q+1/b10-5-. The molecule has 0 saturated carbocycles. The molecule has 1 aromatic rings. The summed E-state index contributed by atoms with van der Waals surface area (Å²) in [5.41, 5.74) is 3.73. The van der Waals surface area contributed by atoms with Crippen molar-refractivity contribution >= 4 is 5.57 Å². The maximum atomic E-state index is 5.14. The second-order valence-corrected chi connectivity index (χ2v) is 3.53. The molecule has 82 valence electrons. The highest BCUT2D eigenvalue weighted by Gasteiger charge is 2.07. The topological polar surface area (TPSA) is 25.1 Å². The van der Waals surface area contributed by atoms with Gasteiger partial charge >= 0.3 is 0 Å². The molecule has 3 nitrogen and oxygen atoms in total. The lowest BCUT2D eigenvalue weighted by molar-refractivity contribution is -0.885. The molecule has 15 heavy (non-hydrogen) atoms. The first-order valence-corrected chi connectivity index (χ1v) is 5.07. The van der Waals surface area contributed by atoms with Gasteiger partial charge in [0.05, 0.1) is 0 Å². The Balaban J connectivity index is 3.01. The van der Waals surface area contributed by atoms with E-state index in [1.54, 1.807) is 11.8 Å². The fourth-order valence-electron chi connectivity index (χ4n) is 1.44. The smallest absolute Gasteiger partial charge is 0.230 e. The molecule has 0 amide bonds. The molecular formula is C12H19N2O+. The van der Waals surface area contributed by atoms with Gasteiger partial charge in [0.25, 0.3) is 0 Å². The number of likely N-dealkylation sites (N-methyl/N-ethyl adjacent to an activating group) is 1. The average molecular weight is 207 g/mol. The molecule has 0 aliphatic carbocycles. The highest BCUT2D eigenvalue weighted by molar-refractivity contribution is 5.65. The van der Waals surface area contributed by atoms with Gasteiger partial charge in [-0.15, -0.1) is 0 Å². The molecular weight excluding hydrogens is 188 g/mol. The van der Waals surface area contributed by atoms with E-state index < -0.39 is 0 Å². The van der Waals surface area contributed by atoms with Crippen LogP contribution in [0.2, 0.25) is 0 Å². The molecule has 3 heteroatoms. The third-order valence-electron chi connectivity index (χ3n) is 2.40. The van der Waals surface area contributed by atoms with Crippen LogP contribution in [0.15, 0.2) is 24.5 Å². The van der Waals surface area contributed by atoms with E-state index in [-0.39, 0.29) is 0 Å². The Morgan fingerprint density at radius 1 is 1.60 bits per heavy atom. The number of rotatable bonds is 4. The maximum absolute atomic E-state index is 5.14. The minimum absolute atomic E-state index is 0.882. The second kappa shape index (κ2) is 5.51. The number of hydrogen-bond acceptors (Lipinski definition) is 2. The Kier molecular flexibility index (Phi) is 4.31. The normalized spacial score (nSPS) is 11.6. The van der Waals surface area contributed by atoms with Crippen LogP contribution < -0.4 is 14.9 Å². The van der Waals surface area contributed by atoms with Gasteiger partial charge in [-0.2, -0.15) is 0 Å². The Bertz CT molecular complexity index is 359. The quantitative estimate of drug-likeness (QED) is 0.744. The van der Waals surface area contributed by atoms with Gasteiger partial charge in [0.15, 0.2) is 0 Å². The molecule has 0 bridgehead atoms. The van der Waals surface area contributed by atoms with Crippen LogP contribution in [-0.4, -0.2) is 20.7 Å². The molecule has 0 aliphatic rings. The van der Waals surface area contributed by atoms with Crippen molar-refractivity contribution in [3.63, 3.8) is 0 Å². The second-order valence-electron chi connectivity index (χ2n) is 3.53. The summed E-state index contributed by atoms with van der Waals surface area (Å²) in [4.78, 5) is 5.14. The third kappa shape index (κ3) is 3.06. The van der Waals surface area contributed by atoms with Crippen molar-refractivity contribution in [1.82, 2.24) is 5.32 Å². The number of allylic oxidation sites excluding steroid dienone is 1. The van der Waals surface area contributed by atoms with Crippen molar-refractivity contribution in [2.24, 2.45) is 0 Å². The molecule has 1 aromatic heterocycles. The number of nitrogens with zero attached hydrogens (tertiary/aromatic N) is 1. The molecule has 0 aromatic carbocycles. The van der Waals surface area contributed by atoms with Crippen molar-refractivity contribution in [1.29, 1.82) is 0 Å². The van der Waals surface area contributed by atoms with Gasteiger partial charge in [0.2, 0.25) is 12.4 Å². The van der Waals surface area contributed by atoms with Gasteiger partial charge in [0, 0.05) is 22.9 Å². The van der Waals surface area contributed by atoms with Gasteiger partial charge in [-0.25, -0.2) is 0 Å². The Hall–Kier alpha value is -1.35. The zero-order valence-corrected chi connectivity index (χ0v) is 9.87. The number of hydrogen-bond donors (Lipinski definition) is 1. The van der Waals surface area contributed by atoms with Gasteiger partial charge in [0.1, 0.15) is 7.11 Å². The maximum Gasteiger partial charge on any atom is 0.230 e. The molecule has 0 saturated heterocycles. The van der Waals surface area contributed by atoms with E-state index in [2.05, 4.69) is 31.3 Å². The predicted octanol–water partition coefficient (Wildman–Crippen LogP) is 0.964. The molecule has 0 fully saturated rings. The molecule has 0 unspecified atom stereocenters. The van der Waals surface area contributed by atoms with Crippen LogP contribution in [0, 0.1) is 6.92 Å². The molecule has 0 radical (unpaired) electrons. The average Bonchev–Trinajstić information content (AvgIpc) is 2.26. The van der Waals surface area contributed by atoms with E-state index >= 15 is 0 Å². The van der Waals surface area contributed by atoms with Gasteiger partial charge in [-0.1, -0.05) is 6.08 Å². The van der Waals surface area contributed by atoms with E-state index in [0.29, 0.717) is 0 Å².